The predicted molar refractivity (Wildman–Crippen MR) is 54.2 cm³/mol. The van der Waals surface area contributed by atoms with Gasteiger partial charge in [0.05, 0.1) is 5.92 Å². The lowest BCUT2D eigenvalue weighted by Crippen LogP contribution is -2.46. The largest absolute Gasteiger partial charge is 0.481 e. The Hall–Kier alpha value is -1.06. The van der Waals surface area contributed by atoms with E-state index in [1.807, 2.05) is 0 Å². The van der Waals surface area contributed by atoms with Gasteiger partial charge >= 0.3 is 5.97 Å². The van der Waals surface area contributed by atoms with E-state index in [-0.39, 0.29) is 17.9 Å². The molecule has 2 rings (SSSR count). The Kier molecular flexibility index (Phi) is 2.93. The van der Waals surface area contributed by atoms with E-state index in [0.29, 0.717) is 19.3 Å². The van der Waals surface area contributed by atoms with Crippen molar-refractivity contribution in [2.24, 2.45) is 11.8 Å². The molecule has 2 fully saturated rings. The molecule has 0 heterocycles. The second kappa shape index (κ2) is 4.21. The van der Waals surface area contributed by atoms with Gasteiger partial charge < -0.3 is 10.4 Å². The van der Waals surface area contributed by atoms with Gasteiger partial charge in [0, 0.05) is 12.5 Å². The van der Waals surface area contributed by atoms with Gasteiger partial charge in [-0.15, -0.1) is 0 Å². The van der Waals surface area contributed by atoms with Crippen LogP contribution < -0.4 is 5.32 Å². The summed E-state index contributed by atoms with van der Waals surface area (Å²) < 4.78 is 0. The summed E-state index contributed by atoms with van der Waals surface area (Å²) in [4.78, 5) is 21.9. The number of aliphatic carboxylic acids is 1. The van der Waals surface area contributed by atoms with E-state index in [4.69, 9.17) is 5.11 Å². The number of amides is 1. The highest BCUT2D eigenvalue weighted by atomic mass is 16.4. The van der Waals surface area contributed by atoms with Crippen molar-refractivity contribution < 1.29 is 14.7 Å². The molecule has 4 nitrogen and oxygen atoms in total. The smallest absolute Gasteiger partial charge is 0.306 e. The Morgan fingerprint density at radius 1 is 1.27 bits per heavy atom. The molecule has 0 aromatic rings. The van der Waals surface area contributed by atoms with Crippen LogP contribution in [0.2, 0.25) is 0 Å². The summed E-state index contributed by atoms with van der Waals surface area (Å²) in [5.41, 5.74) is 0. The fourth-order valence-corrected chi connectivity index (χ4v) is 1.98. The highest BCUT2D eigenvalue weighted by Crippen LogP contribution is 2.33. The highest BCUT2D eigenvalue weighted by Gasteiger charge is 2.35. The topological polar surface area (TPSA) is 66.4 Å². The van der Waals surface area contributed by atoms with E-state index in [9.17, 15) is 9.59 Å². The fourth-order valence-electron chi connectivity index (χ4n) is 1.98. The summed E-state index contributed by atoms with van der Waals surface area (Å²) in [5, 5.41) is 11.5. The van der Waals surface area contributed by atoms with Crippen LogP contribution in [0.5, 0.6) is 0 Å². The summed E-state index contributed by atoms with van der Waals surface area (Å²) >= 11 is 0. The van der Waals surface area contributed by atoms with Gasteiger partial charge in [-0.1, -0.05) is 12.8 Å². The van der Waals surface area contributed by atoms with Crippen molar-refractivity contribution in [2.45, 2.75) is 44.6 Å². The van der Waals surface area contributed by atoms with Crippen molar-refractivity contribution in [3.63, 3.8) is 0 Å². The number of carboxylic acid groups (broad SMARTS) is 1. The maximum Gasteiger partial charge on any atom is 0.306 e. The average Bonchev–Trinajstić information content (AvgIpc) is 2.89. The lowest BCUT2D eigenvalue weighted by Gasteiger charge is -2.32. The Morgan fingerprint density at radius 2 is 1.93 bits per heavy atom. The van der Waals surface area contributed by atoms with Crippen molar-refractivity contribution in [3.05, 3.63) is 0 Å². The second-order valence-corrected chi connectivity index (χ2v) is 4.75. The first-order valence-corrected chi connectivity index (χ1v) is 5.67. The molecular formula is C11H17NO3. The Morgan fingerprint density at radius 3 is 2.47 bits per heavy atom. The van der Waals surface area contributed by atoms with E-state index in [2.05, 4.69) is 5.32 Å². The molecule has 2 N–H and O–H groups in total. The first-order chi connectivity index (χ1) is 7.15. The summed E-state index contributed by atoms with van der Waals surface area (Å²) in [6.07, 6.45) is 5.37. The van der Waals surface area contributed by atoms with Crippen LogP contribution in [0.25, 0.3) is 0 Å². The molecule has 0 atom stereocenters. The lowest BCUT2D eigenvalue weighted by atomic mass is 9.80. The summed E-state index contributed by atoms with van der Waals surface area (Å²) in [7, 11) is 0. The number of nitrogens with one attached hydrogen (secondary N) is 1. The molecule has 0 unspecified atom stereocenters. The third-order valence-electron chi connectivity index (χ3n) is 3.33. The van der Waals surface area contributed by atoms with Crippen LogP contribution in [0.3, 0.4) is 0 Å². The van der Waals surface area contributed by atoms with Gasteiger partial charge in [-0.3, -0.25) is 9.59 Å². The van der Waals surface area contributed by atoms with Gasteiger partial charge in [0.1, 0.15) is 0 Å². The molecule has 2 aliphatic rings. The third-order valence-corrected chi connectivity index (χ3v) is 3.33. The standard InChI is InChI=1S/C11H17NO3/c13-10(4-3-7-1-2-7)12-9-5-8(6-9)11(14)15/h7-9H,1-6H2,(H,12,13)(H,14,15). The van der Waals surface area contributed by atoms with Gasteiger partial charge in [-0.25, -0.2) is 0 Å². The van der Waals surface area contributed by atoms with Crippen LogP contribution >= 0.6 is 0 Å². The zero-order chi connectivity index (χ0) is 10.8. The molecule has 0 aromatic carbocycles. The average molecular weight is 211 g/mol. The van der Waals surface area contributed by atoms with Gasteiger partial charge in [-0.2, -0.15) is 0 Å². The molecule has 4 heteroatoms. The Bertz CT molecular complexity index is 267. The summed E-state index contributed by atoms with van der Waals surface area (Å²) in [6, 6.07) is 0.109. The first-order valence-electron chi connectivity index (χ1n) is 5.67. The van der Waals surface area contributed by atoms with E-state index in [1.54, 1.807) is 0 Å². The monoisotopic (exact) mass is 211 g/mol. The first kappa shape index (κ1) is 10.5. The van der Waals surface area contributed by atoms with Crippen molar-refractivity contribution in [1.29, 1.82) is 0 Å². The van der Waals surface area contributed by atoms with Crippen molar-refractivity contribution in [3.8, 4) is 0 Å². The van der Waals surface area contributed by atoms with Gasteiger partial charge in [0.2, 0.25) is 5.91 Å². The van der Waals surface area contributed by atoms with Crippen LogP contribution in [-0.2, 0) is 9.59 Å². The number of hydrogen-bond donors (Lipinski definition) is 2. The van der Waals surface area contributed by atoms with Gasteiger partial charge in [0.15, 0.2) is 0 Å². The highest BCUT2D eigenvalue weighted by molar-refractivity contribution is 5.77. The third kappa shape index (κ3) is 2.94. The van der Waals surface area contributed by atoms with E-state index in [1.165, 1.54) is 12.8 Å². The number of hydrogen-bond acceptors (Lipinski definition) is 2. The quantitative estimate of drug-likeness (QED) is 0.717. The second-order valence-electron chi connectivity index (χ2n) is 4.75. The molecule has 0 radical (unpaired) electrons. The molecule has 0 bridgehead atoms. The van der Waals surface area contributed by atoms with Crippen LogP contribution in [0.4, 0.5) is 0 Å². The maximum absolute atomic E-state index is 11.4. The molecule has 0 aliphatic heterocycles. The summed E-state index contributed by atoms with van der Waals surface area (Å²) in [6.45, 7) is 0. The minimum atomic E-state index is -0.738. The molecule has 2 saturated carbocycles. The zero-order valence-corrected chi connectivity index (χ0v) is 8.74. The van der Waals surface area contributed by atoms with Crippen LogP contribution in [-0.4, -0.2) is 23.0 Å². The van der Waals surface area contributed by atoms with Crippen LogP contribution in [0.1, 0.15) is 38.5 Å². The van der Waals surface area contributed by atoms with Gasteiger partial charge in [-0.05, 0) is 25.2 Å². The Labute approximate surface area is 89.0 Å². The number of rotatable bonds is 5. The molecule has 0 aromatic heterocycles. The van der Waals surface area contributed by atoms with E-state index in [0.717, 1.165) is 12.3 Å². The van der Waals surface area contributed by atoms with Crippen molar-refractivity contribution >= 4 is 11.9 Å². The minimum Gasteiger partial charge on any atom is -0.481 e. The minimum absolute atomic E-state index is 0.0933. The zero-order valence-electron chi connectivity index (χ0n) is 8.74. The molecule has 0 saturated heterocycles. The molecule has 1 amide bonds. The summed E-state index contributed by atoms with van der Waals surface area (Å²) in [5.74, 6) is -0.100. The Balaban J connectivity index is 1.57. The van der Waals surface area contributed by atoms with E-state index >= 15 is 0 Å². The van der Waals surface area contributed by atoms with Crippen LogP contribution in [0.15, 0.2) is 0 Å². The molecule has 15 heavy (non-hydrogen) atoms. The number of carbonyl (C=O) groups is 2. The van der Waals surface area contributed by atoms with E-state index < -0.39 is 5.97 Å². The van der Waals surface area contributed by atoms with Crippen molar-refractivity contribution in [1.82, 2.24) is 5.32 Å². The number of carboxylic acids is 1. The fraction of sp³-hybridized carbons (Fsp3) is 0.818. The molecule has 2 aliphatic carbocycles. The lowest BCUT2D eigenvalue weighted by molar-refractivity contribution is -0.146. The maximum atomic E-state index is 11.4. The normalized spacial score (nSPS) is 29.3. The molecular weight excluding hydrogens is 194 g/mol. The molecule has 84 valence electrons. The van der Waals surface area contributed by atoms with Crippen molar-refractivity contribution in [2.75, 3.05) is 0 Å². The number of carbonyl (C=O) groups excluding carboxylic acids is 1. The predicted octanol–water partition coefficient (Wildman–Crippen LogP) is 1.16. The van der Waals surface area contributed by atoms with Crippen LogP contribution in [0, 0.1) is 11.8 Å². The molecule has 0 spiro atoms. The SMILES string of the molecule is O=C(CCC1CC1)NC1CC(C(=O)O)C1. The van der Waals surface area contributed by atoms with Gasteiger partial charge in [0.25, 0.3) is 0 Å².